The summed E-state index contributed by atoms with van der Waals surface area (Å²) in [7, 11) is 0. The van der Waals surface area contributed by atoms with Crippen LogP contribution >= 0.6 is 0 Å². The van der Waals surface area contributed by atoms with Crippen LogP contribution in [0.15, 0.2) is 36.4 Å². The molecule has 2 aromatic rings. The maximum Gasteiger partial charge on any atom is 0.255 e. The molecule has 0 spiro atoms. The summed E-state index contributed by atoms with van der Waals surface area (Å²) in [4.78, 5) is 12.8. The second kappa shape index (κ2) is 9.97. The molecule has 0 aliphatic rings. The Morgan fingerprint density at radius 3 is 2.58 bits per heavy atom. The van der Waals surface area contributed by atoms with Gasteiger partial charge < -0.3 is 14.8 Å². The van der Waals surface area contributed by atoms with Gasteiger partial charge in [0.15, 0.2) is 0 Å². The highest BCUT2D eigenvalue weighted by Gasteiger charge is 2.13. The van der Waals surface area contributed by atoms with Crippen LogP contribution in [0.5, 0.6) is 5.75 Å². The van der Waals surface area contributed by atoms with Crippen LogP contribution in [0.4, 0.5) is 5.69 Å². The number of amides is 1. The van der Waals surface area contributed by atoms with Gasteiger partial charge in [0, 0.05) is 23.4 Å². The van der Waals surface area contributed by atoms with Gasteiger partial charge in [-0.05, 0) is 56.0 Å². The van der Waals surface area contributed by atoms with E-state index >= 15 is 0 Å². The molecule has 0 aliphatic carbocycles. The first-order valence-electron chi connectivity index (χ1n) is 9.33. The Balaban J connectivity index is 2.24. The van der Waals surface area contributed by atoms with Gasteiger partial charge in [-0.3, -0.25) is 4.79 Å². The Hall–Kier alpha value is -2.33. The number of benzene rings is 2. The number of para-hydroxylation sites is 1. The lowest BCUT2D eigenvalue weighted by atomic mass is 10.0. The zero-order valence-electron chi connectivity index (χ0n) is 16.2. The maximum absolute atomic E-state index is 12.8. The Kier molecular flexibility index (Phi) is 7.67. The number of aryl methyl sites for hydroxylation is 2. The standard InChI is InChI=1S/C22H29NO3/c1-5-13-25-15-19-14-18(11-12-20(19)26-7-3)22(24)23-21-16(4)9-8-10-17(21)6-2/h8-12,14H,5-7,13,15H2,1-4H3,(H,23,24). The van der Waals surface area contributed by atoms with Crippen molar-refractivity contribution in [1.29, 1.82) is 0 Å². The molecule has 0 radical (unpaired) electrons. The van der Waals surface area contributed by atoms with Gasteiger partial charge in [-0.25, -0.2) is 0 Å². The highest BCUT2D eigenvalue weighted by atomic mass is 16.5. The van der Waals surface area contributed by atoms with Crippen LogP contribution in [0.1, 0.15) is 54.2 Å². The van der Waals surface area contributed by atoms with E-state index in [4.69, 9.17) is 9.47 Å². The summed E-state index contributed by atoms with van der Waals surface area (Å²) in [5, 5.41) is 3.07. The van der Waals surface area contributed by atoms with Crippen LogP contribution in [-0.2, 0) is 17.8 Å². The Morgan fingerprint density at radius 2 is 1.88 bits per heavy atom. The van der Waals surface area contributed by atoms with Crippen molar-refractivity contribution < 1.29 is 14.3 Å². The smallest absolute Gasteiger partial charge is 0.255 e. The van der Waals surface area contributed by atoms with Crippen molar-refractivity contribution >= 4 is 11.6 Å². The van der Waals surface area contributed by atoms with E-state index in [1.54, 1.807) is 6.07 Å². The molecule has 0 aromatic heterocycles. The number of anilines is 1. The molecule has 0 bridgehead atoms. The molecule has 0 atom stereocenters. The van der Waals surface area contributed by atoms with E-state index in [0.29, 0.717) is 25.4 Å². The molecule has 0 unspecified atom stereocenters. The third-order valence-electron chi connectivity index (χ3n) is 4.21. The number of ether oxygens (including phenoxy) is 2. The van der Waals surface area contributed by atoms with E-state index in [0.717, 1.165) is 41.0 Å². The molecule has 0 saturated heterocycles. The normalized spacial score (nSPS) is 10.6. The molecule has 2 aromatic carbocycles. The van der Waals surface area contributed by atoms with Gasteiger partial charge in [-0.2, -0.15) is 0 Å². The molecule has 26 heavy (non-hydrogen) atoms. The minimum Gasteiger partial charge on any atom is -0.494 e. The second-order valence-electron chi connectivity index (χ2n) is 6.22. The first-order chi connectivity index (χ1) is 12.6. The van der Waals surface area contributed by atoms with E-state index < -0.39 is 0 Å². The average Bonchev–Trinajstić information content (AvgIpc) is 2.64. The quantitative estimate of drug-likeness (QED) is 0.634. The number of hydrogen-bond donors (Lipinski definition) is 1. The van der Waals surface area contributed by atoms with Gasteiger partial charge in [0.1, 0.15) is 5.75 Å². The van der Waals surface area contributed by atoms with Crippen LogP contribution < -0.4 is 10.1 Å². The molecule has 0 heterocycles. The predicted octanol–water partition coefficient (Wildman–Crippen LogP) is 5.14. The third kappa shape index (κ3) is 5.09. The summed E-state index contributed by atoms with van der Waals surface area (Å²) < 4.78 is 11.3. The fourth-order valence-corrected chi connectivity index (χ4v) is 2.84. The SMILES string of the molecule is CCCOCc1cc(C(=O)Nc2c(C)cccc2CC)ccc1OCC. The molecule has 1 N–H and O–H groups in total. The largest absolute Gasteiger partial charge is 0.494 e. The average molecular weight is 355 g/mol. The van der Waals surface area contributed by atoms with E-state index in [1.165, 1.54) is 0 Å². The number of carbonyl (C=O) groups excluding carboxylic acids is 1. The minimum absolute atomic E-state index is 0.117. The molecule has 4 heteroatoms. The lowest BCUT2D eigenvalue weighted by molar-refractivity contribution is 0.102. The first kappa shape index (κ1) is 20.0. The third-order valence-corrected chi connectivity index (χ3v) is 4.21. The fraction of sp³-hybridized carbons (Fsp3) is 0.409. The Morgan fingerprint density at radius 1 is 1.08 bits per heavy atom. The zero-order valence-corrected chi connectivity index (χ0v) is 16.2. The zero-order chi connectivity index (χ0) is 18.9. The fourth-order valence-electron chi connectivity index (χ4n) is 2.84. The molecule has 140 valence electrons. The molecule has 0 fully saturated rings. The van der Waals surface area contributed by atoms with Crippen LogP contribution in [0.2, 0.25) is 0 Å². The van der Waals surface area contributed by atoms with Crippen molar-refractivity contribution in [3.05, 3.63) is 58.7 Å². The molecule has 2 rings (SSSR count). The Labute approximate surface area is 156 Å². The molecule has 0 saturated carbocycles. The topological polar surface area (TPSA) is 47.6 Å². The molecule has 0 aliphatic heterocycles. The first-order valence-corrected chi connectivity index (χ1v) is 9.33. The highest BCUT2D eigenvalue weighted by molar-refractivity contribution is 6.05. The van der Waals surface area contributed by atoms with E-state index in [-0.39, 0.29) is 5.91 Å². The predicted molar refractivity (Wildman–Crippen MR) is 106 cm³/mol. The van der Waals surface area contributed by atoms with E-state index in [1.807, 2.05) is 44.2 Å². The number of nitrogens with one attached hydrogen (secondary N) is 1. The molecular weight excluding hydrogens is 326 g/mol. The van der Waals surface area contributed by atoms with E-state index in [9.17, 15) is 4.79 Å². The van der Waals surface area contributed by atoms with Gasteiger partial charge in [-0.15, -0.1) is 0 Å². The molecule has 4 nitrogen and oxygen atoms in total. The van der Waals surface area contributed by atoms with Crippen molar-refractivity contribution in [2.45, 2.75) is 47.1 Å². The van der Waals surface area contributed by atoms with Crippen molar-refractivity contribution in [2.75, 3.05) is 18.5 Å². The lowest BCUT2D eigenvalue weighted by Crippen LogP contribution is -2.15. The second-order valence-corrected chi connectivity index (χ2v) is 6.22. The van der Waals surface area contributed by atoms with Gasteiger partial charge in [0.05, 0.1) is 13.2 Å². The number of carbonyl (C=O) groups is 1. The number of hydrogen-bond acceptors (Lipinski definition) is 3. The molecular formula is C22H29NO3. The van der Waals surface area contributed by atoms with Gasteiger partial charge >= 0.3 is 0 Å². The van der Waals surface area contributed by atoms with Crippen LogP contribution in [0.25, 0.3) is 0 Å². The monoisotopic (exact) mass is 355 g/mol. The van der Waals surface area contributed by atoms with Crippen molar-refractivity contribution in [2.24, 2.45) is 0 Å². The van der Waals surface area contributed by atoms with E-state index in [2.05, 4.69) is 19.2 Å². The number of rotatable bonds is 9. The lowest BCUT2D eigenvalue weighted by Gasteiger charge is -2.15. The summed E-state index contributed by atoms with van der Waals surface area (Å²) in [5.74, 6) is 0.652. The molecule has 1 amide bonds. The van der Waals surface area contributed by atoms with Crippen molar-refractivity contribution in [3.63, 3.8) is 0 Å². The van der Waals surface area contributed by atoms with Crippen molar-refractivity contribution in [1.82, 2.24) is 0 Å². The Bertz CT molecular complexity index is 740. The van der Waals surface area contributed by atoms with Crippen molar-refractivity contribution in [3.8, 4) is 5.75 Å². The highest BCUT2D eigenvalue weighted by Crippen LogP contribution is 2.25. The van der Waals surface area contributed by atoms with Gasteiger partial charge in [0.2, 0.25) is 0 Å². The summed E-state index contributed by atoms with van der Waals surface area (Å²) in [6.07, 6.45) is 1.83. The summed E-state index contributed by atoms with van der Waals surface area (Å²) >= 11 is 0. The summed E-state index contributed by atoms with van der Waals surface area (Å²) in [5.41, 5.74) is 4.60. The van der Waals surface area contributed by atoms with Crippen LogP contribution in [0, 0.1) is 6.92 Å². The summed E-state index contributed by atoms with van der Waals surface area (Å²) in [6, 6.07) is 11.6. The van der Waals surface area contributed by atoms with Gasteiger partial charge in [0.25, 0.3) is 5.91 Å². The maximum atomic E-state index is 12.8. The van der Waals surface area contributed by atoms with Gasteiger partial charge in [-0.1, -0.05) is 32.0 Å². The van der Waals surface area contributed by atoms with Crippen LogP contribution in [0.3, 0.4) is 0 Å². The summed E-state index contributed by atoms with van der Waals surface area (Å²) in [6.45, 7) is 9.82. The minimum atomic E-state index is -0.117. The van der Waals surface area contributed by atoms with Crippen LogP contribution in [-0.4, -0.2) is 19.1 Å².